The van der Waals surface area contributed by atoms with E-state index in [2.05, 4.69) is 47.8 Å². The van der Waals surface area contributed by atoms with Crippen molar-refractivity contribution < 1.29 is 0 Å². The smallest absolute Gasteiger partial charge is 0.0346 e. The van der Waals surface area contributed by atoms with Crippen LogP contribution in [0, 0.1) is 5.92 Å². The highest BCUT2D eigenvalue weighted by atomic mass is 32.1. The molecule has 3 rings (SSSR count). The summed E-state index contributed by atoms with van der Waals surface area (Å²) in [6.07, 6.45) is 5.71. The van der Waals surface area contributed by atoms with E-state index < -0.39 is 0 Å². The Morgan fingerprint density at radius 2 is 1.79 bits per heavy atom. The third kappa shape index (κ3) is 3.46. The van der Waals surface area contributed by atoms with E-state index >= 15 is 0 Å². The first-order valence-corrected chi connectivity index (χ1v) is 8.08. The van der Waals surface area contributed by atoms with E-state index in [1.807, 2.05) is 11.3 Å². The zero-order valence-corrected chi connectivity index (χ0v) is 12.1. The lowest BCUT2D eigenvalue weighted by molar-refractivity contribution is 0.491. The fourth-order valence-corrected chi connectivity index (χ4v) is 3.83. The van der Waals surface area contributed by atoms with Gasteiger partial charge in [0.15, 0.2) is 0 Å². The van der Waals surface area contributed by atoms with Crippen molar-refractivity contribution in [3.8, 4) is 10.4 Å². The molecule has 100 valence electrons. The fraction of sp³-hybridized carbons (Fsp3) is 0.412. The molecule has 0 spiro atoms. The minimum absolute atomic E-state index is 0.925. The van der Waals surface area contributed by atoms with Crippen LogP contribution in [0.4, 0.5) is 0 Å². The third-order valence-corrected chi connectivity index (χ3v) is 5.06. The van der Waals surface area contributed by atoms with Gasteiger partial charge in [-0.3, -0.25) is 0 Å². The number of nitrogens with one attached hydrogen (secondary N) is 1. The molecule has 0 amide bonds. The summed E-state index contributed by atoms with van der Waals surface area (Å²) in [5, 5.41) is 3.62. The molecule has 0 radical (unpaired) electrons. The van der Waals surface area contributed by atoms with Gasteiger partial charge in [0.05, 0.1) is 0 Å². The van der Waals surface area contributed by atoms with Gasteiger partial charge in [0.2, 0.25) is 0 Å². The molecule has 1 saturated carbocycles. The second-order valence-electron chi connectivity index (χ2n) is 5.41. The molecule has 2 heteroatoms. The Balaban J connectivity index is 1.53. The molecule has 1 nitrogen and oxygen atoms in total. The van der Waals surface area contributed by atoms with E-state index in [4.69, 9.17) is 0 Å². The maximum absolute atomic E-state index is 3.62. The molecule has 1 heterocycles. The Bertz CT molecular complexity index is 497. The van der Waals surface area contributed by atoms with Crippen molar-refractivity contribution >= 4 is 11.3 Å². The number of hydrogen-bond acceptors (Lipinski definition) is 2. The number of hydrogen-bond donors (Lipinski definition) is 1. The molecule has 1 aromatic carbocycles. The van der Waals surface area contributed by atoms with E-state index in [0.717, 1.165) is 12.5 Å². The van der Waals surface area contributed by atoms with E-state index in [-0.39, 0.29) is 0 Å². The van der Waals surface area contributed by atoms with Crippen LogP contribution in [0.2, 0.25) is 0 Å². The van der Waals surface area contributed by atoms with Crippen LogP contribution in [0.15, 0.2) is 42.5 Å². The molecular formula is C17H21NS. The van der Waals surface area contributed by atoms with Crippen molar-refractivity contribution in [2.24, 2.45) is 5.92 Å². The molecule has 0 bridgehead atoms. The predicted octanol–water partition coefficient (Wildman–Crippen LogP) is 4.69. The topological polar surface area (TPSA) is 12.0 Å². The zero-order chi connectivity index (χ0) is 12.9. The maximum atomic E-state index is 3.62. The van der Waals surface area contributed by atoms with Gasteiger partial charge in [0.25, 0.3) is 0 Å². The molecular weight excluding hydrogens is 250 g/mol. The van der Waals surface area contributed by atoms with Gasteiger partial charge >= 0.3 is 0 Å². The summed E-state index contributed by atoms with van der Waals surface area (Å²) in [5.74, 6) is 0.925. The average molecular weight is 271 g/mol. The summed E-state index contributed by atoms with van der Waals surface area (Å²) in [6.45, 7) is 2.21. The van der Waals surface area contributed by atoms with Gasteiger partial charge in [-0.15, -0.1) is 11.3 Å². The van der Waals surface area contributed by atoms with Crippen LogP contribution in [0.1, 0.15) is 30.6 Å². The van der Waals surface area contributed by atoms with Crippen LogP contribution in [-0.4, -0.2) is 6.54 Å². The van der Waals surface area contributed by atoms with Gasteiger partial charge in [0.1, 0.15) is 0 Å². The fourth-order valence-electron chi connectivity index (χ4n) is 2.84. The Kier molecular flexibility index (Phi) is 4.31. The molecule has 19 heavy (non-hydrogen) atoms. The lowest BCUT2D eigenvalue weighted by Crippen LogP contribution is -2.20. The first-order valence-electron chi connectivity index (χ1n) is 7.27. The highest BCUT2D eigenvalue weighted by Gasteiger charge is 2.14. The lowest BCUT2D eigenvalue weighted by atomic mass is 10.1. The quantitative estimate of drug-likeness (QED) is 0.831. The SMILES string of the molecule is c1ccc(-c2ccc(CNCC3CCCC3)s2)cc1. The molecule has 1 aliphatic rings. The van der Waals surface area contributed by atoms with Gasteiger partial charge < -0.3 is 5.32 Å². The van der Waals surface area contributed by atoms with Gasteiger partial charge in [-0.05, 0) is 43.0 Å². The highest BCUT2D eigenvalue weighted by Crippen LogP contribution is 2.28. The summed E-state index contributed by atoms with van der Waals surface area (Å²) in [4.78, 5) is 2.81. The minimum Gasteiger partial charge on any atom is -0.312 e. The largest absolute Gasteiger partial charge is 0.312 e. The summed E-state index contributed by atoms with van der Waals surface area (Å²) in [7, 11) is 0. The van der Waals surface area contributed by atoms with Crippen molar-refractivity contribution in [2.75, 3.05) is 6.54 Å². The van der Waals surface area contributed by atoms with E-state index in [0.29, 0.717) is 0 Å². The van der Waals surface area contributed by atoms with Crippen LogP contribution in [0.5, 0.6) is 0 Å². The first kappa shape index (κ1) is 12.9. The van der Waals surface area contributed by atoms with Crippen LogP contribution in [-0.2, 0) is 6.54 Å². The standard InChI is InChI=1S/C17H21NS/c1-2-8-15(9-3-1)17-11-10-16(19-17)13-18-12-14-6-4-5-7-14/h1-3,8-11,14,18H,4-7,12-13H2. The molecule has 1 aliphatic carbocycles. The minimum atomic E-state index is 0.925. The number of thiophene rings is 1. The molecule has 1 N–H and O–H groups in total. The summed E-state index contributed by atoms with van der Waals surface area (Å²) in [5.41, 5.74) is 1.33. The molecule has 1 aromatic heterocycles. The van der Waals surface area contributed by atoms with Crippen LogP contribution < -0.4 is 5.32 Å². The van der Waals surface area contributed by atoms with E-state index in [9.17, 15) is 0 Å². The second-order valence-corrected chi connectivity index (χ2v) is 6.58. The van der Waals surface area contributed by atoms with Crippen LogP contribution in [0.25, 0.3) is 10.4 Å². The Hall–Kier alpha value is -1.12. The van der Waals surface area contributed by atoms with Gasteiger partial charge in [0, 0.05) is 16.3 Å². The average Bonchev–Trinajstić information content (AvgIpc) is 3.11. The molecule has 0 saturated heterocycles. The van der Waals surface area contributed by atoms with Crippen molar-refractivity contribution in [2.45, 2.75) is 32.2 Å². The van der Waals surface area contributed by atoms with E-state index in [1.165, 1.54) is 47.5 Å². The normalized spacial score (nSPS) is 16.0. The van der Waals surface area contributed by atoms with E-state index in [1.54, 1.807) is 0 Å². The van der Waals surface area contributed by atoms with Gasteiger partial charge in [-0.25, -0.2) is 0 Å². The Morgan fingerprint density at radius 3 is 2.58 bits per heavy atom. The summed E-state index contributed by atoms with van der Waals surface area (Å²) in [6, 6.07) is 15.1. The van der Waals surface area contributed by atoms with Crippen molar-refractivity contribution in [1.82, 2.24) is 5.32 Å². The second kappa shape index (κ2) is 6.36. The maximum Gasteiger partial charge on any atom is 0.0346 e. The monoisotopic (exact) mass is 271 g/mol. The zero-order valence-electron chi connectivity index (χ0n) is 11.3. The van der Waals surface area contributed by atoms with Crippen molar-refractivity contribution in [1.29, 1.82) is 0 Å². The third-order valence-electron chi connectivity index (χ3n) is 3.93. The molecule has 0 atom stereocenters. The highest BCUT2D eigenvalue weighted by molar-refractivity contribution is 7.15. The van der Waals surface area contributed by atoms with Crippen molar-refractivity contribution in [3.05, 3.63) is 47.3 Å². The number of benzene rings is 1. The van der Waals surface area contributed by atoms with Gasteiger partial charge in [-0.1, -0.05) is 43.2 Å². The van der Waals surface area contributed by atoms with Gasteiger partial charge in [-0.2, -0.15) is 0 Å². The first-order chi connectivity index (χ1) is 9.42. The van der Waals surface area contributed by atoms with Crippen LogP contribution >= 0.6 is 11.3 Å². The van der Waals surface area contributed by atoms with Crippen molar-refractivity contribution in [3.63, 3.8) is 0 Å². The summed E-state index contributed by atoms with van der Waals surface area (Å²) >= 11 is 1.91. The lowest BCUT2D eigenvalue weighted by Gasteiger charge is -2.09. The van der Waals surface area contributed by atoms with Crippen LogP contribution in [0.3, 0.4) is 0 Å². The summed E-state index contributed by atoms with van der Waals surface area (Å²) < 4.78 is 0. The number of rotatable bonds is 5. The molecule has 1 fully saturated rings. The molecule has 0 unspecified atom stereocenters. The molecule has 2 aromatic rings. The molecule has 0 aliphatic heterocycles. The Labute approximate surface area is 119 Å². The Morgan fingerprint density at radius 1 is 1.00 bits per heavy atom. The predicted molar refractivity (Wildman–Crippen MR) is 83.4 cm³/mol.